The molecule has 1 aliphatic rings. The summed E-state index contributed by atoms with van der Waals surface area (Å²) in [6.07, 6.45) is 0. The fraction of sp³-hybridized carbons (Fsp3) is 0.500. The molecule has 2 aromatic heterocycles. The normalized spacial score (nSPS) is 16.0. The lowest BCUT2D eigenvalue weighted by atomic mass is 10.3. The maximum atomic E-state index is 12.2. The average Bonchev–Trinajstić information content (AvgIpc) is 3.17. The third-order valence-electron chi connectivity index (χ3n) is 3.59. The van der Waals surface area contributed by atoms with Gasteiger partial charge in [0.1, 0.15) is 5.01 Å². The van der Waals surface area contributed by atoms with Crippen LogP contribution in [0.3, 0.4) is 0 Å². The summed E-state index contributed by atoms with van der Waals surface area (Å²) in [6, 6.07) is 0.00108. The topological polar surface area (TPSA) is 61.4 Å². The highest BCUT2D eigenvalue weighted by Crippen LogP contribution is 2.10. The Labute approximate surface area is 137 Å². The number of aryl methyl sites for hydroxylation is 1. The number of amides is 2. The summed E-state index contributed by atoms with van der Waals surface area (Å²) >= 11 is 3.20. The molecule has 2 aromatic rings. The Morgan fingerprint density at radius 3 is 2.77 bits per heavy atom. The van der Waals surface area contributed by atoms with Gasteiger partial charge in [-0.25, -0.2) is 14.8 Å². The quantitative estimate of drug-likeness (QED) is 0.926. The third-order valence-corrected chi connectivity index (χ3v) is 5.19. The number of carbonyl (C=O) groups is 1. The summed E-state index contributed by atoms with van der Waals surface area (Å²) in [4.78, 5) is 25.0. The lowest BCUT2D eigenvalue weighted by Gasteiger charge is -2.34. The number of hydrogen-bond donors (Lipinski definition) is 1. The summed E-state index contributed by atoms with van der Waals surface area (Å²) in [5.41, 5.74) is 3.98. The molecular formula is C14H19N5OS2. The van der Waals surface area contributed by atoms with E-state index in [-0.39, 0.29) is 6.03 Å². The number of nitrogens with one attached hydrogen (secondary N) is 1. The number of thiazole rings is 2. The van der Waals surface area contributed by atoms with Gasteiger partial charge in [-0.2, -0.15) is 0 Å². The number of rotatable bonds is 4. The van der Waals surface area contributed by atoms with E-state index >= 15 is 0 Å². The van der Waals surface area contributed by atoms with Crippen LogP contribution in [0.15, 0.2) is 16.3 Å². The zero-order chi connectivity index (χ0) is 15.4. The van der Waals surface area contributed by atoms with Gasteiger partial charge in [-0.1, -0.05) is 0 Å². The third kappa shape index (κ3) is 4.02. The predicted molar refractivity (Wildman–Crippen MR) is 88.1 cm³/mol. The molecule has 1 N–H and O–H groups in total. The van der Waals surface area contributed by atoms with E-state index in [1.165, 1.54) is 0 Å². The molecule has 3 heterocycles. The minimum Gasteiger partial charge on any atom is -0.331 e. The van der Waals surface area contributed by atoms with E-state index in [0.717, 1.165) is 49.1 Å². The molecule has 1 aliphatic heterocycles. The molecular weight excluding hydrogens is 318 g/mol. The standard InChI is InChI=1S/C14H19N5OS2/c1-11-8-22-13(17-11)6-15-14(20)19-4-2-18(3-5-19)7-12-9-21-10-16-12/h8-10H,2-7H2,1H3,(H,15,20). The number of carbonyl (C=O) groups excluding carboxylic acids is 1. The molecule has 2 amide bonds. The molecule has 0 radical (unpaired) electrons. The van der Waals surface area contributed by atoms with Crippen LogP contribution >= 0.6 is 22.7 Å². The second-order valence-corrected chi connectivity index (χ2v) is 6.95. The Kier molecular flexibility index (Phi) is 5.01. The first-order chi connectivity index (χ1) is 10.7. The van der Waals surface area contributed by atoms with Crippen LogP contribution in [0.4, 0.5) is 4.79 Å². The van der Waals surface area contributed by atoms with Crippen molar-refractivity contribution in [1.29, 1.82) is 0 Å². The van der Waals surface area contributed by atoms with Crippen molar-refractivity contribution in [3.63, 3.8) is 0 Å². The Hall–Kier alpha value is -1.51. The van der Waals surface area contributed by atoms with Crippen LogP contribution in [0.1, 0.15) is 16.4 Å². The van der Waals surface area contributed by atoms with Crippen molar-refractivity contribution in [1.82, 2.24) is 25.1 Å². The van der Waals surface area contributed by atoms with Gasteiger partial charge in [-0.05, 0) is 6.92 Å². The number of aromatic nitrogens is 2. The molecule has 0 aromatic carbocycles. The van der Waals surface area contributed by atoms with E-state index in [4.69, 9.17) is 0 Å². The van der Waals surface area contributed by atoms with E-state index < -0.39 is 0 Å². The monoisotopic (exact) mass is 337 g/mol. The van der Waals surface area contributed by atoms with Crippen LogP contribution in [0.2, 0.25) is 0 Å². The van der Waals surface area contributed by atoms with Crippen molar-refractivity contribution in [2.24, 2.45) is 0 Å². The summed E-state index contributed by atoms with van der Waals surface area (Å²) in [5.74, 6) is 0. The average molecular weight is 337 g/mol. The van der Waals surface area contributed by atoms with Crippen LogP contribution < -0.4 is 5.32 Å². The maximum absolute atomic E-state index is 12.2. The zero-order valence-electron chi connectivity index (χ0n) is 12.5. The van der Waals surface area contributed by atoms with Crippen molar-refractivity contribution in [2.75, 3.05) is 26.2 Å². The molecule has 0 saturated carbocycles. The van der Waals surface area contributed by atoms with Crippen LogP contribution in [0, 0.1) is 6.92 Å². The highest BCUT2D eigenvalue weighted by Gasteiger charge is 2.21. The summed E-state index contributed by atoms with van der Waals surface area (Å²) < 4.78 is 0. The van der Waals surface area contributed by atoms with E-state index in [1.54, 1.807) is 22.7 Å². The molecule has 0 atom stereocenters. The first-order valence-corrected chi connectivity index (χ1v) is 9.06. The van der Waals surface area contributed by atoms with Crippen molar-refractivity contribution < 1.29 is 4.79 Å². The van der Waals surface area contributed by atoms with Crippen LogP contribution in [0.25, 0.3) is 0 Å². The van der Waals surface area contributed by atoms with E-state index in [9.17, 15) is 4.79 Å². The Morgan fingerprint density at radius 1 is 1.32 bits per heavy atom. The van der Waals surface area contributed by atoms with Gasteiger partial charge in [-0.15, -0.1) is 22.7 Å². The fourth-order valence-corrected chi connectivity index (χ4v) is 3.66. The molecule has 0 unspecified atom stereocenters. The van der Waals surface area contributed by atoms with Gasteiger partial charge in [0.05, 0.1) is 17.7 Å². The summed E-state index contributed by atoms with van der Waals surface area (Å²) in [5, 5.41) is 7.98. The maximum Gasteiger partial charge on any atom is 0.317 e. The van der Waals surface area contributed by atoms with Crippen molar-refractivity contribution in [3.05, 3.63) is 32.7 Å². The lowest BCUT2D eigenvalue weighted by Crippen LogP contribution is -2.51. The minimum atomic E-state index is 0.00108. The highest BCUT2D eigenvalue weighted by atomic mass is 32.1. The van der Waals surface area contributed by atoms with Gasteiger partial charge in [0, 0.05) is 49.2 Å². The molecule has 0 bridgehead atoms. The molecule has 1 saturated heterocycles. The van der Waals surface area contributed by atoms with Crippen LogP contribution in [-0.4, -0.2) is 52.0 Å². The van der Waals surface area contributed by atoms with Gasteiger partial charge in [0.15, 0.2) is 0 Å². The number of nitrogens with zero attached hydrogens (tertiary/aromatic N) is 4. The summed E-state index contributed by atoms with van der Waals surface area (Å²) in [6.45, 7) is 6.64. The van der Waals surface area contributed by atoms with Gasteiger partial charge >= 0.3 is 6.03 Å². The van der Waals surface area contributed by atoms with E-state index in [2.05, 4.69) is 25.6 Å². The lowest BCUT2D eigenvalue weighted by molar-refractivity contribution is 0.134. The van der Waals surface area contributed by atoms with Crippen molar-refractivity contribution >= 4 is 28.7 Å². The smallest absolute Gasteiger partial charge is 0.317 e. The highest BCUT2D eigenvalue weighted by molar-refractivity contribution is 7.09. The van der Waals surface area contributed by atoms with Crippen molar-refractivity contribution in [3.8, 4) is 0 Å². The molecule has 1 fully saturated rings. The Morgan fingerprint density at radius 2 is 2.14 bits per heavy atom. The molecule has 0 spiro atoms. The van der Waals surface area contributed by atoms with Crippen LogP contribution in [0.5, 0.6) is 0 Å². The Balaban J connectivity index is 1.41. The number of urea groups is 1. The second-order valence-electron chi connectivity index (χ2n) is 5.28. The fourth-order valence-electron chi connectivity index (χ4n) is 2.40. The van der Waals surface area contributed by atoms with Gasteiger partial charge in [0.2, 0.25) is 0 Å². The zero-order valence-corrected chi connectivity index (χ0v) is 14.1. The van der Waals surface area contributed by atoms with E-state index in [1.807, 2.05) is 22.7 Å². The molecule has 118 valence electrons. The molecule has 3 rings (SSSR count). The minimum absolute atomic E-state index is 0.00108. The Bertz CT molecular complexity index is 605. The predicted octanol–water partition coefficient (Wildman–Crippen LogP) is 1.94. The van der Waals surface area contributed by atoms with Gasteiger partial charge in [-0.3, -0.25) is 4.90 Å². The largest absolute Gasteiger partial charge is 0.331 e. The number of piperazine rings is 1. The van der Waals surface area contributed by atoms with Gasteiger partial charge in [0.25, 0.3) is 0 Å². The van der Waals surface area contributed by atoms with Crippen LogP contribution in [-0.2, 0) is 13.1 Å². The van der Waals surface area contributed by atoms with Crippen molar-refractivity contribution in [2.45, 2.75) is 20.0 Å². The first-order valence-electron chi connectivity index (χ1n) is 7.24. The van der Waals surface area contributed by atoms with E-state index in [0.29, 0.717) is 6.54 Å². The first kappa shape index (κ1) is 15.4. The summed E-state index contributed by atoms with van der Waals surface area (Å²) in [7, 11) is 0. The molecule has 6 nitrogen and oxygen atoms in total. The SMILES string of the molecule is Cc1csc(CNC(=O)N2CCN(Cc3cscn3)CC2)n1. The molecule has 22 heavy (non-hydrogen) atoms. The number of hydrogen-bond acceptors (Lipinski definition) is 6. The molecule has 8 heteroatoms. The molecule has 0 aliphatic carbocycles. The second kappa shape index (κ2) is 7.17. The van der Waals surface area contributed by atoms with Gasteiger partial charge < -0.3 is 10.2 Å².